The van der Waals surface area contributed by atoms with E-state index in [1.54, 1.807) is 31.4 Å². The number of aryl methyl sites for hydroxylation is 2. The summed E-state index contributed by atoms with van der Waals surface area (Å²) in [5.41, 5.74) is 4.21. The number of amides is 1. The van der Waals surface area contributed by atoms with Crippen LogP contribution in [-0.4, -0.2) is 38.6 Å². The minimum Gasteiger partial charge on any atom is -0.411 e. The average Bonchev–Trinajstić information content (AvgIpc) is 3.62. The fraction of sp³-hybridized carbons (Fsp3) is 0.296. The number of hydrogen-bond donors (Lipinski definition) is 3. The maximum atomic E-state index is 12.6. The molecule has 2 aromatic carbocycles. The molecule has 3 aromatic rings. The second-order valence-corrected chi connectivity index (χ2v) is 9.04. The van der Waals surface area contributed by atoms with Gasteiger partial charge in [-0.1, -0.05) is 41.6 Å². The summed E-state index contributed by atoms with van der Waals surface area (Å²) in [5.74, 6) is -0.331. The van der Waals surface area contributed by atoms with E-state index in [1.165, 1.54) is 10.6 Å². The van der Waals surface area contributed by atoms with Gasteiger partial charge in [-0.2, -0.15) is 0 Å². The molecule has 0 saturated heterocycles. The highest BCUT2D eigenvalue weighted by Gasteiger charge is 2.43. The Labute approximate surface area is 198 Å². The van der Waals surface area contributed by atoms with E-state index in [0.717, 1.165) is 29.5 Å². The van der Waals surface area contributed by atoms with Gasteiger partial charge in [-0.3, -0.25) is 9.59 Å². The summed E-state index contributed by atoms with van der Waals surface area (Å²) in [5, 5.41) is 25.8. The standard InChI is InChI=1S/C27H29N3O4/c1-18-5-3-4-6-22(18)23(15-24(29-34)21-11-12-25(32)30(2)16-21)19-7-9-20(10-8-19)26(33)28-27(17-31)13-14-27/h3-12,16,23,31,34H,13-15,17H2,1-2H3,(H,28,33)/b29-24+. The fourth-order valence-corrected chi connectivity index (χ4v) is 4.21. The van der Waals surface area contributed by atoms with Crippen molar-refractivity contribution in [2.24, 2.45) is 12.2 Å². The number of carbonyl (C=O) groups is 1. The predicted octanol–water partition coefficient (Wildman–Crippen LogP) is 3.35. The second-order valence-electron chi connectivity index (χ2n) is 9.04. The van der Waals surface area contributed by atoms with Gasteiger partial charge in [0.2, 0.25) is 5.56 Å². The lowest BCUT2D eigenvalue weighted by Gasteiger charge is -2.21. The van der Waals surface area contributed by atoms with Gasteiger partial charge in [0.25, 0.3) is 5.91 Å². The van der Waals surface area contributed by atoms with Crippen LogP contribution in [0.15, 0.2) is 76.8 Å². The first-order valence-electron chi connectivity index (χ1n) is 11.3. The summed E-state index contributed by atoms with van der Waals surface area (Å²) in [6.45, 7) is 1.98. The predicted molar refractivity (Wildman–Crippen MR) is 131 cm³/mol. The average molecular weight is 460 g/mol. The zero-order valence-corrected chi connectivity index (χ0v) is 19.4. The Morgan fingerprint density at radius 2 is 1.76 bits per heavy atom. The van der Waals surface area contributed by atoms with E-state index in [9.17, 15) is 19.9 Å². The number of benzene rings is 2. The SMILES string of the molecule is Cc1ccccc1C(C/C(=N\O)c1ccc(=O)n(C)c1)c1ccc(C(=O)NC2(CO)CC2)cc1. The van der Waals surface area contributed by atoms with Crippen LogP contribution in [0.4, 0.5) is 0 Å². The quantitative estimate of drug-likeness (QED) is 0.273. The highest BCUT2D eigenvalue weighted by atomic mass is 16.4. The summed E-state index contributed by atoms with van der Waals surface area (Å²) < 4.78 is 1.45. The van der Waals surface area contributed by atoms with Crippen molar-refractivity contribution >= 4 is 11.6 Å². The Morgan fingerprint density at radius 3 is 2.35 bits per heavy atom. The van der Waals surface area contributed by atoms with Gasteiger partial charge >= 0.3 is 0 Å². The lowest BCUT2D eigenvalue weighted by Crippen LogP contribution is -2.39. The third-order valence-electron chi connectivity index (χ3n) is 6.61. The number of nitrogens with zero attached hydrogens (tertiary/aromatic N) is 2. The molecular formula is C27H29N3O4. The highest BCUT2D eigenvalue weighted by molar-refractivity contribution is 6.00. The molecule has 1 atom stereocenters. The minimum absolute atomic E-state index is 0.0550. The van der Waals surface area contributed by atoms with Crippen LogP contribution in [0.25, 0.3) is 0 Å². The van der Waals surface area contributed by atoms with Crippen LogP contribution in [-0.2, 0) is 7.05 Å². The van der Waals surface area contributed by atoms with E-state index < -0.39 is 5.54 Å². The molecular weight excluding hydrogens is 430 g/mol. The van der Waals surface area contributed by atoms with E-state index in [2.05, 4.69) is 16.5 Å². The number of hydrogen-bond acceptors (Lipinski definition) is 5. The first-order valence-corrected chi connectivity index (χ1v) is 11.3. The highest BCUT2D eigenvalue weighted by Crippen LogP contribution is 2.35. The van der Waals surface area contributed by atoms with Crippen LogP contribution in [0, 0.1) is 6.92 Å². The van der Waals surface area contributed by atoms with E-state index in [1.807, 2.05) is 37.3 Å². The number of rotatable bonds is 8. The van der Waals surface area contributed by atoms with Gasteiger partial charge in [0.05, 0.1) is 17.9 Å². The van der Waals surface area contributed by atoms with Crippen LogP contribution >= 0.6 is 0 Å². The van der Waals surface area contributed by atoms with Gasteiger partial charge in [0.1, 0.15) is 0 Å². The molecule has 3 N–H and O–H groups in total. The first-order chi connectivity index (χ1) is 16.4. The van der Waals surface area contributed by atoms with Gasteiger partial charge < -0.3 is 20.2 Å². The molecule has 0 aliphatic heterocycles. The second kappa shape index (κ2) is 9.65. The molecule has 1 saturated carbocycles. The van der Waals surface area contributed by atoms with E-state index in [0.29, 0.717) is 23.3 Å². The van der Waals surface area contributed by atoms with Crippen molar-refractivity contribution in [3.05, 3.63) is 105 Å². The van der Waals surface area contributed by atoms with Gasteiger partial charge in [-0.25, -0.2) is 0 Å². The molecule has 176 valence electrons. The van der Waals surface area contributed by atoms with Crippen molar-refractivity contribution in [2.75, 3.05) is 6.61 Å². The van der Waals surface area contributed by atoms with Gasteiger partial charge in [-0.15, -0.1) is 0 Å². The maximum Gasteiger partial charge on any atom is 0.251 e. The summed E-state index contributed by atoms with van der Waals surface area (Å²) in [6.07, 6.45) is 3.64. The molecule has 7 nitrogen and oxygen atoms in total. The number of oxime groups is 1. The molecule has 0 spiro atoms. The Bertz CT molecular complexity index is 1270. The molecule has 1 fully saturated rings. The normalized spacial score (nSPS) is 15.6. The van der Waals surface area contributed by atoms with Crippen molar-refractivity contribution in [2.45, 2.75) is 37.6 Å². The van der Waals surface area contributed by atoms with Crippen LogP contribution in [0.3, 0.4) is 0 Å². The molecule has 1 aromatic heterocycles. The van der Waals surface area contributed by atoms with Gasteiger partial charge in [0, 0.05) is 42.8 Å². The van der Waals surface area contributed by atoms with Crippen molar-refractivity contribution in [3.63, 3.8) is 0 Å². The number of pyridine rings is 1. The topological polar surface area (TPSA) is 104 Å². The summed E-state index contributed by atoms with van der Waals surface area (Å²) in [4.78, 5) is 24.4. The van der Waals surface area contributed by atoms with Crippen molar-refractivity contribution in [1.82, 2.24) is 9.88 Å². The smallest absolute Gasteiger partial charge is 0.251 e. The van der Waals surface area contributed by atoms with E-state index in [4.69, 9.17) is 0 Å². The Kier molecular flexibility index (Phi) is 6.65. The third-order valence-corrected chi connectivity index (χ3v) is 6.61. The number of aliphatic hydroxyl groups is 1. The summed E-state index contributed by atoms with van der Waals surface area (Å²) in [7, 11) is 1.66. The van der Waals surface area contributed by atoms with Crippen LogP contribution in [0.5, 0.6) is 0 Å². The Balaban J connectivity index is 1.65. The Hall–Kier alpha value is -3.71. The number of nitrogens with one attached hydrogen (secondary N) is 1. The number of aromatic nitrogens is 1. The Morgan fingerprint density at radius 1 is 1.09 bits per heavy atom. The number of carbonyl (C=O) groups excluding carboxylic acids is 1. The van der Waals surface area contributed by atoms with Gasteiger partial charge in [0.15, 0.2) is 0 Å². The van der Waals surface area contributed by atoms with Crippen molar-refractivity contribution < 1.29 is 15.1 Å². The molecule has 34 heavy (non-hydrogen) atoms. The van der Waals surface area contributed by atoms with Crippen LogP contribution in [0.1, 0.15) is 57.8 Å². The molecule has 1 amide bonds. The molecule has 0 bridgehead atoms. The van der Waals surface area contributed by atoms with Crippen LogP contribution in [0.2, 0.25) is 0 Å². The monoisotopic (exact) mass is 459 g/mol. The van der Waals surface area contributed by atoms with Crippen LogP contribution < -0.4 is 10.9 Å². The maximum absolute atomic E-state index is 12.6. The summed E-state index contributed by atoms with van der Waals surface area (Å²) in [6, 6.07) is 18.6. The lowest BCUT2D eigenvalue weighted by molar-refractivity contribution is 0.0907. The first kappa shape index (κ1) is 23.4. The zero-order valence-electron chi connectivity index (χ0n) is 19.4. The van der Waals surface area contributed by atoms with Gasteiger partial charge in [-0.05, 0) is 54.7 Å². The third kappa shape index (κ3) is 4.94. The van der Waals surface area contributed by atoms with E-state index >= 15 is 0 Å². The molecule has 1 heterocycles. The van der Waals surface area contributed by atoms with Crippen molar-refractivity contribution in [1.29, 1.82) is 0 Å². The molecule has 1 aliphatic carbocycles. The molecule has 4 rings (SSSR count). The summed E-state index contributed by atoms with van der Waals surface area (Å²) >= 11 is 0. The molecule has 1 unspecified atom stereocenters. The molecule has 0 radical (unpaired) electrons. The fourth-order valence-electron chi connectivity index (χ4n) is 4.21. The largest absolute Gasteiger partial charge is 0.411 e. The molecule has 7 heteroatoms. The molecule has 1 aliphatic rings. The van der Waals surface area contributed by atoms with E-state index in [-0.39, 0.29) is 24.0 Å². The van der Waals surface area contributed by atoms with Crippen molar-refractivity contribution in [3.8, 4) is 0 Å². The lowest BCUT2D eigenvalue weighted by atomic mass is 9.83. The number of aliphatic hydroxyl groups excluding tert-OH is 1. The zero-order chi connectivity index (χ0) is 24.3. The minimum atomic E-state index is -0.471.